The van der Waals surface area contributed by atoms with Gasteiger partial charge in [0.05, 0.1) is 22.1 Å². The Morgan fingerprint density at radius 3 is 2.67 bits per heavy atom. The fraction of sp³-hybridized carbons (Fsp3) is 0.333. The lowest BCUT2D eigenvalue weighted by molar-refractivity contribution is 0.456. The van der Waals surface area contributed by atoms with E-state index in [-0.39, 0.29) is 5.38 Å². The lowest BCUT2D eigenvalue weighted by Crippen LogP contribution is -2.06. The van der Waals surface area contributed by atoms with Crippen LogP contribution in [0.15, 0.2) is 22.6 Å². The molecule has 1 unspecified atom stereocenters. The van der Waals surface area contributed by atoms with Crippen LogP contribution in [0.2, 0.25) is 5.02 Å². The number of hydrogen-bond donors (Lipinski definition) is 0. The normalized spacial score (nSPS) is 13.0. The molecule has 3 aromatic rings. The third-order valence-corrected chi connectivity index (χ3v) is 3.89. The summed E-state index contributed by atoms with van der Waals surface area (Å²) in [5.74, 6) is 2.25. The molecule has 110 valence electrons. The van der Waals surface area contributed by atoms with Crippen molar-refractivity contribution in [2.24, 2.45) is 0 Å². The summed E-state index contributed by atoms with van der Waals surface area (Å²) in [5, 5.41) is 0.450. The molecule has 1 aromatic carbocycles. The molecule has 0 N–H and O–H groups in total. The quantitative estimate of drug-likeness (QED) is 0.659. The van der Waals surface area contributed by atoms with Gasteiger partial charge < -0.3 is 8.98 Å². The van der Waals surface area contributed by atoms with Crippen molar-refractivity contribution in [3.63, 3.8) is 0 Å². The number of rotatable bonds is 3. The van der Waals surface area contributed by atoms with Gasteiger partial charge in [-0.15, -0.1) is 11.6 Å². The molecule has 3 rings (SSSR count). The first kappa shape index (κ1) is 14.4. The van der Waals surface area contributed by atoms with E-state index in [9.17, 15) is 0 Å². The zero-order chi connectivity index (χ0) is 15.1. The van der Waals surface area contributed by atoms with Gasteiger partial charge in [-0.3, -0.25) is 0 Å². The molecule has 0 amide bonds. The molecule has 0 saturated carbocycles. The third kappa shape index (κ3) is 2.65. The predicted molar refractivity (Wildman–Crippen MR) is 84.1 cm³/mol. The van der Waals surface area contributed by atoms with E-state index >= 15 is 0 Å². The Hall–Kier alpha value is -1.52. The van der Waals surface area contributed by atoms with Crippen molar-refractivity contribution in [3.8, 4) is 0 Å². The minimum absolute atomic E-state index is 0.215. The lowest BCUT2D eigenvalue weighted by Gasteiger charge is -2.08. The number of benzene rings is 1. The molecule has 21 heavy (non-hydrogen) atoms. The number of halogens is 2. The SMILES string of the molecule is Cc1nc(Cn2c(C(C)Cl)nc3ccc(Cl)cc32)oc1C. The van der Waals surface area contributed by atoms with Crippen molar-refractivity contribution in [1.29, 1.82) is 0 Å². The summed E-state index contributed by atoms with van der Waals surface area (Å²) in [6, 6.07) is 5.60. The Morgan fingerprint density at radius 1 is 1.29 bits per heavy atom. The average Bonchev–Trinajstić information content (AvgIpc) is 2.92. The van der Waals surface area contributed by atoms with Crippen LogP contribution >= 0.6 is 23.2 Å². The predicted octanol–water partition coefficient (Wildman–Crippen LogP) is 4.64. The van der Waals surface area contributed by atoms with Gasteiger partial charge in [-0.05, 0) is 39.0 Å². The Balaban J connectivity index is 2.14. The molecule has 0 spiro atoms. The molecular formula is C15H15Cl2N3O. The van der Waals surface area contributed by atoms with Crippen molar-refractivity contribution < 1.29 is 4.42 Å². The van der Waals surface area contributed by atoms with E-state index in [1.54, 1.807) is 0 Å². The van der Waals surface area contributed by atoms with Crippen LogP contribution in [0.4, 0.5) is 0 Å². The van der Waals surface area contributed by atoms with Crippen LogP contribution in [0.1, 0.15) is 35.5 Å². The average molecular weight is 324 g/mol. The van der Waals surface area contributed by atoms with E-state index < -0.39 is 0 Å². The maximum absolute atomic E-state index is 6.25. The fourth-order valence-electron chi connectivity index (χ4n) is 2.33. The molecule has 0 saturated heterocycles. The van der Waals surface area contributed by atoms with Gasteiger partial charge in [0.2, 0.25) is 5.89 Å². The minimum Gasteiger partial charge on any atom is -0.444 e. The van der Waals surface area contributed by atoms with Gasteiger partial charge in [0, 0.05) is 5.02 Å². The largest absolute Gasteiger partial charge is 0.444 e. The third-order valence-electron chi connectivity index (χ3n) is 3.46. The molecule has 1 atom stereocenters. The highest BCUT2D eigenvalue weighted by Crippen LogP contribution is 2.27. The molecule has 0 bridgehead atoms. The van der Waals surface area contributed by atoms with Crippen molar-refractivity contribution in [2.75, 3.05) is 0 Å². The summed E-state index contributed by atoms with van der Waals surface area (Å²) >= 11 is 12.4. The standard InChI is InChI=1S/C15H15Cl2N3O/c1-8(16)15-19-12-5-4-11(17)6-13(12)20(15)7-14-18-9(2)10(3)21-14/h4-6,8H,7H2,1-3H3. The Labute approximate surface area is 132 Å². The first-order chi connectivity index (χ1) is 9.95. The summed E-state index contributed by atoms with van der Waals surface area (Å²) < 4.78 is 7.67. The zero-order valence-corrected chi connectivity index (χ0v) is 13.5. The molecule has 6 heteroatoms. The molecule has 2 heterocycles. The summed E-state index contributed by atoms with van der Waals surface area (Å²) in [6.07, 6.45) is 0. The van der Waals surface area contributed by atoms with Crippen LogP contribution in [0.25, 0.3) is 11.0 Å². The monoisotopic (exact) mass is 323 g/mol. The van der Waals surface area contributed by atoms with Gasteiger partial charge in [-0.1, -0.05) is 11.6 Å². The molecule has 2 aromatic heterocycles. The highest BCUT2D eigenvalue weighted by Gasteiger charge is 2.17. The number of aromatic nitrogens is 3. The molecule has 0 aliphatic rings. The molecular weight excluding hydrogens is 309 g/mol. The van der Waals surface area contributed by atoms with Gasteiger partial charge in [0.25, 0.3) is 0 Å². The van der Waals surface area contributed by atoms with Crippen molar-refractivity contribution in [3.05, 3.63) is 46.4 Å². The summed E-state index contributed by atoms with van der Waals surface area (Å²) in [7, 11) is 0. The highest BCUT2D eigenvalue weighted by molar-refractivity contribution is 6.31. The van der Waals surface area contributed by atoms with Crippen LogP contribution in [0.5, 0.6) is 0 Å². The zero-order valence-electron chi connectivity index (χ0n) is 12.0. The molecule has 0 aliphatic carbocycles. The summed E-state index contributed by atoms with van der Waals surface area (Å²) in [4.78, 5) is 9.01. The second-order valence-corrected chi connectivity index (χ2v) is 6.15. The molecule has 0 radical (unpaired) electrons. The van der Waals surface area contributed by atoms with Gasteiger partial charge >= 0.3 is 0 Å². The first-order valence-corrected chi connectivity index (χ1v) is 7.50. The highest BCUT2D eigenvalue weighted by atomic mass is 35.5. The van der Waals surface area contributed by atoms with E-state index in [1.165, 1.54) is 0 Å². The second-order valence-electron chi connectivity index (χ2n) is 5.05. The van der Waals surface area contributed by atoms with Gasteiger partial charge in [-0.25, -0.2) is 9.97 Å². The van der Waals surface area contributed by atoms with Crippen molar-refractivity contribution in [1.82, 2.24) is 14.5 Å². The van der Waals surface area contributed by atoms with Crippen molar-refractivity contribution >= 4 is 34.2 Å². The van der Waals surface area contributed by atoms with Crippen LogP contribution < -0.4 is 0 Å². The smallest absolute Gasteiger partial charge is 0.214 e. The number of aryl methyl sites for hydroxylation is 2. The van der Waals surface area contributed by atoms with Crippen LogP contribution in [-0.2, 0) is 6.54 Å². The van der Waals surface area contributed by atoms with E-state index in [0.29, 0.717) is 17.5 Å². The summed E-state index contributed by atoms with van der Waals surface area (Å²) in [6.45, 7) is 6.21. The number of imidazole rings is 1. The number of hydrogen-bond acceptors (Lipinski definition) is 3. The van der Waals surface area contributed by atoms with Crippen molar-refractivity contribution in [2.45, 2.75) is 32.7 Å². The van der Waals surface area contributed by atoms with Gasteiger partial charge in [0.15, 0.2) is 0 Å². The van der Waals surface area contributed by atoms with E-state index in [1.807, 2.05) is 43.5 Å². The maximum atomic E-state index is 6.25. The van der Waals surface area contributed by atoms with E-state index in [0.717, 1.165) is 28.3 Å². The number of oxazole rings is 1. The van der Waals surface area contributed by atoms with Gasteiger partial charge in [-0.2, -0.15) is 0 Å². The van der Waals surface area contributed by atoms with E-state index in [2.05, 4.69) is 9.97 Å². The van der Waals surface area contributed by atoms with Crippen LogP contribution in [-0.4, -0.2) is 14.5 Å². The topological polar surface area (TPSA) is 43.9 Å². The lowest BCUT2D eigenvalue weighted by atomic mass is 10.3. The Morgan fingerprint density at radius 2 is 2.05 bits per heavy atom. The fourth-order valence-corrected chi connectivity index (χ4v) is 2.66. The summed E-state index contributed by atoms with van der Waals surface area (Å²) in [5.41, 5.74) is 2.69. The maximum Gasteiger partial charge on any atom is 0.214 e. The second kappa shape index (κ2) is 5.35. The van der Waals surface area contributed by atoms with Crippen LogP contribution in [0.3, 0.4) is 0 Å². The van der Waals surface area contributed by atoms with Crippen LogP contribution in [0, 0.1) is 13.8 Å². The number of nitrogens with zero attached hydrogens (tertiary/aromatic N) is 3. The molecule has 0 fully saturated rings. The Bertz CT molecular complexity index is 785. The van der Waals surface area contributed by atoms with E-state index in [4.69, 9.17) is 27.6 Å². The number of alkyl halides is 1. The minimum atomic E-state index is -0.215. The molecule has 4 nitrogen and oxygen atoms in total. The number of fused-ring (bicyclic) bond motifs is 1. The Kier molecular flexibility index (Phi) is 3.68. The van der Waals surface area contributed by atoms with Gasteiger partial charge in [0.1, 0.15) is 18.1 Å². The molecule has 0 aliphatic heterocycles. The first-order valence-electron chi connectivity index (χ1n) is 6.68.